The van der Waals surface area contributed by atoms with Crippen LogP contribution in [0.5, 0.6) is 0 Å². The number of quaternary nitrogens is 1. The van der Waals surface area contributed by atoms with Crippen LogP contribution in [0.2, 0.25) is 0 Å². The fourth-order valence-electron chi connectivity index (χ4n) is 3.11. The molecule has 0 spiro atoms. The number of carbonyl (C=O) groups is 2. The van der Waals surface area contributed by atoms with Gasteiger partial charge in [-0.05, 0) is 38.5 Å². The minimum absolute atomic E-state index is 0.0618. The van der Waals surface area contributed by atoms with Crippen molar-refractivity contribution < 1.29 is 47.2 Å². The predicted molar refractivity (Wildman–Crippen MR) is 168 cm³/mol. The average molecular weight is 626 g/mol. The molecule has 244 valence electrons. The van der Waals surface area contributed by atoms with Crippen LogP contribution < -0.4 is 4.89 Å². The summed E-state index contributed by atoms with van der Waals surface area (Å²) in [6.07, 6.45) is 26.6. The maximum absolute atomic E-state index is 12.1. The lowest BCUT2D eigenvalue weighted by molar-refractivity contribution is -0.870. The Morgan fingerprint density at radius 1 is 0.884 bits per heavy atom. The molecule has 11 heteroatoms. The average Bonchev–Trinajstić information content (AvgIpc) is 2.91. The molecule has 0 radical (unpaired) electrons. The molecule has 0 saturated carbocycles. The summed E-state index contributed by atoms with van der Waals surface area (Å²) in [7, 11) is 1.04. The van der Waals surface area contributed by atoms with Crippen LogP contribution in [0.4, 0.5) is 0 Å². The molecular weight excluding hydrogens is 573 g/mol. The number of esters is 2. The van der Waals surface area contributed by atoms with Crippen LogP contribution in [0.15, 0.2) is 72.9 Å². The third-order valence-electron chi connectivity index (χ3n) is 5.38. The Kier molecular flexibility index (Phi) is 23.3. The van der Waals surface area contributed by atoms with Crippen LogP contribution >= 0.6 is 7.82 Å². The van der Waals surface area contributed by atoms with Crippen molar-refractivity contribution in [1.82, 2.24) is 0 Å². The number of hydrogen-bond donors (Lipinski definition) is 1. The first-order chi connectivity index (χ1) is 20.3. The zero-order valence-corrected chi connectivity index (χ0v) is 27.4. The number of nitrogens with zero attached hydrogens (tertiary/aromatic N) is 1. The van der Waals surface area contributed by atoms with E-state index in [1.165, 1.54) is 0 Å². The molecule has 2 unspecified atom stereocenters. The molecule has 0 aromatic heterocycles. The van der Waals surface area contributed by atoms with Gasteiger partial charge in [0.25, 0.3) is 7.82 Å². The third-order valence-corrected chi connectivity index (χ3v) is 6.35. The van der Waals surface area contributed by atoms with Crippen molar-refractivity contribution in [2.75, 3.05) is 47.5 Å². The van der Waals surface area contributed by atoms with Crippen LogP contribution in [-0.2, 0) is 32.7 Å². The van der Waals surface area contributed by atoms with Gasteiger partial charge >= 0.3 is 11.9 Å². The van der Waals surface area contributed by atoms with Gasteiger partial charge in [0, 0.05) is 13.3 Å². The van der Waals surface area contributed by atoms with E-state index in [9.17, 15) is 24.2 Å². The number of rotatable bonds is 24. The van der Waals surface area contributed by atoms with Crippen LogP contribution in [-0.4, -0.2) is 81.2 Å². The first kappa shape index (κ1) is 40.4. The van der Waals surface area contributed by atoms with E-state index in [4.69, 9.17) is 18.5 Å². The summed E-state index contributed by atoms with van der Waals surface area (Å²) in [5, 5.41) is 10.0. The number of likely N-dealkylation sites (N-methyl/N-ethyl adjacent to an activating group) is 1. The summed E-state index contributed by atoms with van der Waals surface area (Å²) >= 11 is 0. The summed E-state index contributed by atoms with van der Waals surface area (Å²) in [4.78, 5) is 35.4. The molecule has 0 aromatic rings. The molecule has 0 fully saturated rings. The Morgan fingerprint density at radius 2 is 1.51 bits per heavy atom. The standard InChI is InChI=1S/C32H52NO9P/c1-6-7-8-9-10-11-12-13-14-15-16-17-19-22-30(35)23-20-18-21-24-32(36)39-27-31(42-29(2)34)28-41-43(37,38)40-26-25-33(3,4)5/h7-8,10-11,13-14,16-20,22,30-31,35H,6,9,12,15,21,23-28H2,1-5H3/b8-7-,11-10-,14-13-,17-16-,20-18-,22-19-/t30?,31-/m1/s1. The van der Waals surface area contributed by atoms with Gasteiger partial charge in [-0.15, -0.1) is 0 Å². The maximum atomic E-state index is 12.1. The van der Waals surface area contributed by atoms with Crippen LogP contribution in [0, 0.1) is 0 Å². The Morgan fingerprint density at radius 3 is 2.12 bits per heavy atom. The predicted octanol–water partition coefficient (Wildman–Crippen LogP) is 5.12. The molecular formula is C32H52NO9P. The van der Waals surface area contributed by atoms with Gasteiger partial charge in [-0.25, -0.2) is 0 Å². The maximum Gasteiger partial charge on any atom is 0.306 e. The molecule has 0 bridgehead atoms. The van der Waals surface area contributed by atoms with E-state index >= 15 is 0 Å². The van der Waals surface area contributed by atoms with Crippen molar-refractivity contribution in [3.8, 4) is 0 Å². The number of ether oxygens (including phenoxy) is 2. The highest BCUT2D eigenvalue weighted by Gasteiger charge is 2.20. The summed E-state index contributed by atoms with van der Waals surface area (Å²) in [6, 6.07) is 0. The molecule has 0 saturated heterocycles. The van der Waals surface area contributed by atoms with Gasteiger partial charge in [0.05, 0.1) is 33.9 Å². The third kappa shape index (κ3) is 29.3. The Balaban J connectivity index is 4.23. The second kappa shape index (κ2) is 24.8. The van der Waals surface area contributed by atoms with Gasteiger partial charge in [-0.3, -0.25) is 14.2 Å². The smallest absolute Gasteiger partial charge is 0.306 e. The minimum atomic E-state index is -4.61. The molecule has 43 heavy (non-hydrogen) atoms. The van der Waals surface area contributed by atoms with Gasteiger partial charge in [-0.1, -0.05) is 79.8 Å². The fraction of sp³-hybridized carbons (Fsp3) is 0.562. The van der Waals surface area contributed by atoms with Gasteiger partial charge in [0.15, 0.2) is 6.10 Å². The topological polar surface area (TPSA) is 131 Å². The molecule has 10 nitrogen and oxygen atoms in total. The molecule has 3 atom stereocenters. The number of carbonyl (C=O) groups excluding carboxylic acids is 2. The van der Waals surface area contributed by atoms with E-state index in [-0.39, 0.29) is 19.6 Å². The second-order valence-corrected chi connectivity index (χ2v) is 12.1. The van der Waals surface area contributed by atoms with Crippen molar-refractivity contribution in [2.24, 2.45) is 0 Å². The van der Waals surface area contributed by atoms with E-state index in [0.717, 1.165) is 32.6 Å². The zero-order chi connectivity index (χ0) is 32.4. The lowest BCUT2D eigenvalue weighted by atomic mass is 10.2. The highest BCUT2D eigenvalue weighted by molar-refractivity contribution is 7.45. The number of aliphatic hydroxyl groups excluding tert-OH is 1. The van der Waals surface area contributed by atoms with Gasteiger partial charge < -0.3 is 33.0 Å². The highest BCUT2D eigenvalue weighted by Crippen LogP contribution is 2.38. The Labute approximate surface area is 258 Å². The largest absolute Gasteiger partial charge is 0.756 e. The first-order valence-corrected chi connectivity index (χ1v) is 16.2. The Hall–Kier alpha value is -2.59. The van der Waals surface area contributed by atoms with Gasteiger partial charge in [0.1, 0.15) is 19.8 Å². The van der Waals surface area contributed by atoms with Gasteiger partial charge in [0.2, 0.25) is 0 Å². The molecule has 0 amide bonds. The highest BCUT2D eigenvalue weighted by atomic mass is 31.2. The number of allylic oxidation sites excluding steroid dienone is 10. The summed E-state index contributed by atoms with van der Waals surface area (Å²) in [6.45, 7) is 2.75. The number of phosphoric ester groups is 1. The van der Waals surface area contributed by atoms with Crippen molar-refractivity contribution in [2.45, 2.75) is 71.0 Å². The van der Waals surface area contributed by atoms with E-state index in [0.29, 0.717) is 23.9 Å². The van der Waals surface area contributed by atoms with E-state index in [1.807, 2.05) is 33.3 Å². The van der Waals surface area contributed by atoms with E-state index in [2.05, 4.69) is 43.4 Å². The lowest BCUT2D eigenvalue weighted by Crippen LogP contribution is -2.37. The van der Waals surface area contributed by atoms with Crippen molar-refractivity contribution >= 4 is 19.8 Å². The summed E-state index contributed by atoms with van der Waals surface area (Å²) < 4.78 is 32.2. The molecule has 0 aliphatic heterocycles. The number of phosphoric acid groups is 1. The SMILES string of the molecule is CC/C=C\C/C=C\C/C=C\C/C=C\C=C/C(O)C/C=C\CCC(=O)OC[C@H](COP(=O)([O-])OCC[N+](C)(C)C)OC(C)=O. The summed E-state index contributed by atoms with van der Waals surface area (Å²) in [5.41, 5.74) is 0. The summed E-state index contributed by atoms with van der Waals surface area (Å²) in [5.74, 6) is -1.22. The van der Waals surface area contributed by atoms with Gasteiger partial charge in [-0.2, -0.15) is 0 Å². The van der Waals surface area contributed by atoms with Crippen LogP contribution in [0.1, 0.15) is 58.8 Å². The van der Waals surface area contributed by atoms with E-state index < -0.39 is 38.6 Å². The van der Waals surface area contributed by atoms with Crippen LogP contribution in [0.3, 0.4) is 0 Å². The Bertz CT molecular complexity index is 993. The lowest BCUT2D eigenvalue weighted by Gasteiger charge is -2.28. The zero-order valence-electron chi connectivity index (χ0n) is 26.5. The quantitative estimate of drug-likeness (QED) is 0.0511. The normalized spacial score (nSPS) is 15.8. The van der Waals surface area contributed by atoms with Crippen molar-refractivity contribution in [3.05, 3.63) is 72.9 Å². The molecule has 0 aromatic carbocycles. The van der Waals surface area contributed by atoms with Crippen LogP contribution in [0.25, 0.3) is 0 Å². The van der Waals surface area contributed by atoms with Crippen molar-refractivity contribution in [1.29, 1.82) is 0 Å². The number of aliphatic hydroxyl groups is 1. The molecule has 1 N–H and O–H groups in total. The van der Waals surface area contributed by atoms with E-state index in [1.54, 1.807) is 24.3 Å². The number of hydrogen-bond acceptors (Lipinski definition) is 9. The molecule has 0 heterocycles. The molecule has 0 aliphatic rings. The minimum Gasteiger partial charge on any atom is -0.756 e. The monoisotopic (exact) mass is 625 g/mol. The first-order valence-electron chi connectivity index (χ1n) is 14.7. The fourth-order valence-corrected chi connectivity index (χ4v) is 3.84. The van der Waals surface area contributed by atoms with Crippen molar-refractivity contribution in [3.63, 3.8) is 0 Å². The molecule has 0 rings (SSSR count). The molecule has 0 aliphatic carbocycles. The second-order valence-electron chi connectivity index (χ2n) is 10.7.